The van der Waals surface area contributed by atoms with Crippen molar-refractivity contribution in [1.82, 2.24) is 0 Å². The minimum atomic E-state index is -0.806. The van der Waals surface area contributed by atoms with E-state index in [0.29, 0.717) is 25.7 Å². The molecule has 3 unspecified atom stereocenters. The van der Waals surface area contributed by atoms with Crippen LogP contribution in [0.2, 0.25) is 0 Å². The Morgan fingerprint density at radius 1 is 1.28 bits per heavy atom. The number of rotatable bonds is 11. The maximum Gasteiger partial charge on any atom is 0.303 e. The number of Topliss-reactive ketones (excluding diaryl/α,β-unsaturated/α-hetero) is 1. The van der Waals surface area contributed by atoms with Gasteiger partial charge in [0, 0.05) is 24.7 Å². The summed E-state index contributed by atoms with van der Waals surface area (Å²) in [7, 11) is 0. The number of carboxylic acids is 1. The topological polar surface area (TPSA) is 94.8 Å². The summed E-state index contributed by atoms with van der Waals surface area (Å²) in [5.41, 5.74) is 0. The Morgan fingerprint density at radius 2 is 2.04 bits per heavy atom. The predicted octanol–water partition coefficient (Wildman–Crippen LogP) is 3.03. The number of carbonyl (C=O) groups excluding carboxylic acids is 1. The molecule has 1 saturated carbocycles. The van der Waals surface area contributed by atoms with Gasteiger partial charge in [-0.3, -0.25) is 9.59 Å². The third-order valence-electron chi connectivity index (χ3n) is 4.39. The van der Waals surface area contributed by atoms with Crippen LogP contribution in [0.1, 0.15) is 51.9 Å². The summed E-state index contributed by atoms with van der Waals surface area (Å²) < 4.78 is 0. The molecule has 1 aliphatic rings. The van der Waals surface area contributed by atoms with Crippen LogP contribution in [0.4, 0.5) is 0 Å². The number of allylic oxidation sites excluding steroid dienone is 3. The summed E-state index contributed by atoms with van der Waals surface area (Å²) in [5.74, 6) is -1.32. The summed E-state index contributed by atoms with van der Waals surface area (Å²) in [6, 6.07) is 0. The Bertz CT molecular complexity index is 506. The van der Waals surface area contributed by atoms with Crippen LogP contribution in [-0.2, 0) is 9.59 Å². The van der Waals surface area contributed by atoms with Crippen molar-refractivity contribution in [3.05, 3.63) is 36.5 Å². The van der Waals surface area contributed by atoms with Crippen LogP contribution in [0, 0.1) is 11.8 Å². The molecule has 0 heterocycles. The van der Waals surface area contributed by atoms with Crippen molar-refractivity contribution in [2.75, 3.05) is 0 Å². The first-order valence-electron chi connectivity index (χ1n) is 9.04. The van der Waals surface area contributed by atoms with Crippen LogP contribution >= 0.6 is 0 Å². The molecule has 5 nitrogen and oxygen atoms in total. The van der Waals surface area contributed by atoms with Crippen LogP contribution in [-0.4, -0.2) is 39.3 Å². The van der Waals surface area contributed by atoms with Gasteiger partial charge in [-0.2, -0.15) is 0 Å². The molecule has 1 fully saturated rings. The van der Waals surface area contributed by atoms with E-state index >= 15 is 0 Å². The second-order valence-corrected chi connectivity index (χ2v) is 6.48. The molecule has 5 heteroatoms. The summed E-state index contributed by atoms with van der Waals surface area (Å²) in [5, 5.41) is 28.6. The first-order valence-corrected chi connectivity index (χ1v) is 9.04. The van der Waals surface area contributed by atoms with Gasteiger partial charge in [-0.05, 0) is 32.1 Å². The highest BCUT2D eigenvalue weighted by molar-refractivity contribution is 5.84. The molecule has 0 amide bonds. The lowest BCUT2D eigenvalue weighted by molar-refractivity contribution is -0.137. The first-order chi connectivity index (χ1) is 12.0. The van der Waals surface area contributed by atoms with Gasteiger partial charge in [-0.15, -0.1) is 0 Å². The molecule has 0 aromatic carbocycles. The lowest BCUT2D eigenvalue weighted by Gasteiger charge is -2.16. The van der Waals surface area contributed by atoms with E-state index in [0.717, 1.165) is 6.42 Å². The summed E-state index contributed by atoms with van der Waals surface area (Å²) >= 11 is 0. The van der Waals surface area contributed by atoms with Crippen molar-refractivity contribution < 1.29 is 24.9 Å². The van der Waals surface area contributed by atoms with Gasteiger partial charge >= 0.3 is 5.97 Å². The van der Waals surface area contributed by atoms with E-state index in [1.165, 1.54) is 0 Å². The fraction of sp³-hybridized carbons (Fsp3) is 0.600. The number of hydrogen-bond donors (Lipinski definition) is 3. The van der Waals surface area contributed by atoms with Gasteiger partial charge in [-0.25, -0.2) is 0 Å². The van der Waals surface area contributed by atoms with Crippen molar-refractivity contribution in [3.8, 4) is 0 Å². The van der Waals surface area contributed by atoms with Crippen molar-refractivity contribution >= 4 is 11.8 Å². The Morgan fingerprint density at radius 3 is 2.72 bits per heavy atom. The van der Waals surface area contributed by atoms with E-state index in [2.05, 4.69) is 0 Å². The van der Waals surface area contributed by atoms with Crippen LogP contribution in [0.5, 0.6) is 0 Å². The minimum absolute atomic E-state index is 0.0395. The Kier molecular flexibility index (Phi) is 10.0. The molecule has 25 heavy (non-hydrogen) atoms. The highest BCUT2D eigenvalue weighted by Gasteiger charge is 2.39. The average Bonchev–Trinajstić information content (AvgIpc) is 2.82. The molecular weight excluding hydrogens is 320 g/mol. The predicted molar refractivity (Wildman–Crippen MR) is 97.0 cm³/mol. The number of hydrogen-bond acceptors (Lipinski definition) is 4. The Labute approximate surface area is 149 Å². The van der Waals surface area contributed by atoms with Gasteiger partial charge in [0.2, 0.25) is 0 Å². The van der Waals surface area contributed by atoms with Crippen LogP contribution < -0.4 is 0 Å². The summed E-state index contributed by atoms with van der Waals surface area (Å²) in [6.45, 7) is 2.03. The highest BCUT2D eigenvalue weighted by atomic mass is 16.4. The summed E-state index contributed by atoms with van der Waals surface area (Å²) in [4.78, 5) is 22.5. The molecular formula is C20H30O5. The third kappa shape index (κ3) is 8.27. The molecule has 0 aromatic heterocycles. The molecule has 0 radical (unpaired) electrons. The minimum Gasteiger partial charge on any atom is -0.481 e. The number of carbonyl (C=O) groups is 2. The molecule has 1 rings (SSSR count). The second kappa shape index (κ2) is 11.8. The molecule has 0 spiro atoms. The fourth-order valence-corrected chi connectivity index (χ4v) is 3.00. The van der Waals surface area contributed by atoms with E-state index in [1.54, 1.807) is 12.2 Å². The van der Waals surface area contributed by atoms with Crippen LogP contribution in [0.15, 0.2) is 36.5 Å². The Balaban J connectivity index is 2.52. The zero-order chi connectivity index (χ0) is 18.7. The van der Waals surface area contributed by atoms with Crippen molar-refractivity contribution in [2.45, 2.75) is 64.1 Å². The van der Waals surface area contributed by atoms with Gasteiger partial charge in [0.15, 0.2) is 0 Å². The second-order valence-electron chi connectivity index (χ2n) is 6.48. The van der Waals surface area contributed by atoms with Crippen molar-refractivity contribution in [2.24, 2.45) is 11.8 Å². The van der Waals surface area contributed by atoms with Gasteiger partial charge < -0.3 is 15.3 Å². The van der Waals surface area contributed by atoms with E-state index in [4.69, 9.17) is 5.11 Å². The maximum absolute atomic E-state index is 12.1. The standard InChI is InChI=1S/C20H30O5/c1-2-3-6-9-15(21)12-13-17-16(18(22)14-19(17)23)10-7-4-5-8-11-20(24)25/h3-4,6-7,12-13,15-17,19,21,23H,2,5,8-11,14H2,1H3,(H,24,25)/t15?,16?,17-,19?/m1/s1. The molecule has 3 N–H and O–H groups in total. The third-order valence-corrected chi connectivity index (χ3v) is 4.39. The SMILES string of the molecule is CCC=CCC(O)C=C[C@H]1C(O)CC(=O)C1CC=CCCCC(=O)O. The first kappa shape index (κ1) is 21.3. The van der Waals surface area contributed by atoms with Crippen LogP contribution in [0.25, 0.3) is 0 Å². The normalized spacial score (nSPS) is 25.6. The molecule has 0 saturated heterocycles. The quantitative estimate of drug-likeness (QED) is 0.393. The van der Waals surface area contributed by atoms with E-state index in [-0.39, 0.29) is 30.5 Å². The average molecular weight is 350 g/mol. The molecule has 1 aliphatic carbocycles. The lowest BCUT2D eigenvalue weighted by Crippen LogP contribution is -2.18. The van der Waals surface area contributed by atoms with E-state index in [1.807, 2.05) is 31.2 Å². The molecule has 0 aromatic rings. The van der Waals surface area contributed by atoms with Crippen molar-refractivity contribution in [1.29, 1.82) is 0 Å². The zero-order valence-corrected chi connectivity index (χ0v) is 14.9. The highest BCUT2D eigenvalue weighted by Crippen LogP contribution is 2.33. The number of ketones is 1. The van der Waals surface area contributed by atoms with E-state index in [9.17, 15) is 19.8 Å². The van der Waals surface area contributed by atoms with Crippen LogP contribution in [0.3, 0.4) is 0 Å². The number of aliphatic hydroxyl groups excluding tert-OH is 2. The van der Waals surface area contributed by atoms with Crippen molar-refractivity contribution in [3.63, 3.8) is 0 Å². The fourth-order valence-electron chi connectivity index (χ4n) is 3.00. The number of unbranched alkanes of at least 4 members (excludes halogenated alkanes) is 1. The number of aliphatic carboxylic acids is 1. The van der Waals surface area contributed by atoms with E-state index < -0.39 is 18.2 Å². The number of aliphatic hydroxyl groups is 2. The smallest absolute Gasteiger partial charge is 0.303 e. The molecule has 0 bridgehead atoms. The van der Waals surface area contributed by atoms with Gasteiger partial charge in [0.25, 0.3) is 0 Å². The summed E-state index contributed by atoms with van der Waals surface area (Å²) in [6.07, 6.45) is 13.3. The maximum atomic E-state index is 12.1. The number of carboxylic acid groups (broad SMARTS) is 1. The monoisotopic (exact) mass is 350 g/mol. The molecule has 0 aliphatic heterocycles. The molecule has 4 atom stereocenters. The van der Waals surface area contributed by atoms with Gasteiger partial charge in [0.05, 0.1) is 12.2 Å². The van der Waals surface area contributed by atoms with Gasteiger partial charge in [-0.1, -0.05) is 43.4 Å². The Hall–Kier alpha value is -1.72. The van der Waals surface area contributed by atoms with Gasteiger partial charge in [0.1, 0.15) is 5.78 Å². The zero-order valence-electron chi connectivity index (χ0n) is 14.9. The lowest BCUT2D eigenvalue weighted by atomic mass is 9.90. The largest absolute Gasteiger partial charge is 0.481 e. The molecule has 140 valence electrons.